The van der Waals surface area contributed by atoms with E-state index in [0.717, 1.165) is 16.8 Å². The van der Waals surface area contributed by atoms with E-state index in [1.165, 1.54) is 0 Å². The van der Waals surface area contributed by atoms with Crippen LogP contribution in [0.3, 0.4) is 0 Å². The molecule has 0 aliphatic carbocycles. The lowest BCUT2D eigenvalue weighted by Crippen LogP contribution is -2.15. The first-order chi connectivity index (χ1) is 18.8. The lowest BCUT2D eigenvalue weighted by atomic mass is 10.3. The Labute approximate surface area is 240 Å². The molecule has 0 aromatic heterocycles. The summed E-state index contributed by atoms with van der Waals surface area (Å²) < 4.78 is 55.4. The van der Waals surface area contributed by atoms with Gasteiger partial charge in [-0.25, -0.2) is 0 Å². The molecule has 0 aliphatic rings. The van der Waals surface area contributed by atoms with Crippen LogP contribution in [0, 0.1) is 0 Å². The lowest BCUT2D eigenvalue weighted by molar-refractivity contribution is -0.0251. The first-order valence-electron chi connectivity index (χ1n) is 13.1. The van der Waals surface area contributed by atoms with Crippen molar-refractivity contribution in [3.8, 4) is 5.75 Å². The van der Waals surface area contributed by atoms with Crippen LogP contribution in [0.1, 0.15) is 0 Å². The van der Waals surface area contributed by atoms with Crippen molar-refractivity contribution in [2.45, 2.75) is 0 Å². The Morgan fingerprint density at radius 1 is 0.395 bits per heavy atom. The molecule has 0 amide bonds. The van der Waals surface area contributed by atoms with Gasteiger partial charge in [-0.15, -0.1) is 0 Å². The summed E-state index contributed by atoms with van der Waals surface area (Å²) in [6.45, 7) is 10.4. The number of alkyl halides is 1. The maximum atomic E-state index is 5.63. The highest BCUT2D eigenvalue weighted by molar-refractivity contribution is 14.1. The van der Waals surface area contributed by atoms with Crippen LogP contribution in [0.5, 0.6) is 5.75 Å². The van der Waals surface area contributed by atoms with Crippen LogP contribution in [-0.4, -0.2) is 130 Å². The van der Waals surface area contributed by atoms with E-state index in [9.17, 15) is 0 Å². The first kappa shape index (κ1) is 35.2. The minimum Gasteiger partial charge on any atom is -0.491 e. The maximum Gasteiger partial charge on any atom is 0.119 e. The van der Waals surface area contributed by atoms with Crippen LogP contribution in [-0.2, 0) is 42.6 Å². The Hall–Kier alpha value is -0.810. The molecule has 222 valence electrons. The summed E-state index contributed by atoms with van der Waals surface area (Å²) in [5.41, 5.74) is 6.34. The van der Waals surface area contributed by atoms with Crippen molar-refractivity contribution in [2.24, 2.45) is 0 Å². The van der Waals surface area contributed by atoms with Crippen LogP contribution in [0.4, 0.5) is 5.69 Å². The van der Waals surface area contributed by atoms with E-state index in [1.807, 2.05) is 12.1 Å². The highest BCUT2D eigenvalue weighted by Gasteiger charge is 1.96. The molecular formula is C26H46INO10. The SMILES string of the molecule is Nc1ccc(OCCOCCOCCOCCOCCOCCOCCOCCOCCOCCI)cc1. The van der Waals surface area contributed by atoms with Gasteiger partial charge in [0.2, 0.25) is 0 Å². The predicted molar refractivity (Wildman–Crippen MR) is 153 cm³/mol. The quantitative estimate of drug-likeness (QED) is 0.0567. The Bertz CT molecular complexity index is 600. The number of hydrogen-bond acceptors (Lipinski definition) is 11. The Kier molecular flexibility index (Phi) is 27.0. The first-order valence-corrected chi connectivity index (χ1v) is 14.6. The summed E-state index contributed by atoms with van der Waals surface area (Å²) in [5.74, 6) is 0.775. The van der Waals surface area contributed by atoms with Gasteiger partial charge in [0, 0.05) is 10.1 Å². The molecule has 0 atom stereocenters. The van der Waals surface area contributed by atoms with Crippen molar-refractivity contribution in [3.63, 3.8) is 0 Å². The van der Waals surface area contributed by atoms with Gasteiger partial charge in [-0.2, -0.15) is 0 Å². The zero-order valence-corrected chi connectivity index (χ0v) is 24.6. The molecule has 0 unspecified atom stereocenters. The van der Waals surface area contributed by atoms with E-state index in [0.29, 0.717) is 125 Å². The predicted octanol–water partition coefficient (Wildman–Crippen LogP) is 2.23. The molecule has 0 aliphatic heterocycles. The number of nitrogens with two attached hydrogens (primary N) is 1. The molecule has 0 heterocycles. The van der Waals surface area contributed by atoms with Gasteiger partial charge in [0.25, 0.3) is 0 Å². The molecule has 0 fully saturated rings. The van der Waals surface area contributed by atoms with Gasteiger partial charge in [-0.1, -0.05) is 22.6 Å². The summed E-state index contributed by atoms with van der Waals surface area (Å²) >= 11 is 2.28. The van der Waals surface area contributed by atoms with E-state index < -0.39 is 0 Å². The van der Waals surface area contributed by atoms with Crippen molar-refractivity contribution in [2.75, 3.05) is 136 Å². The zero-order chi connectivity index (χ0) is 27.2. The summed E-state index contributed by atoms with van der Waals surface area (Å²) in [7, 11) is 0. The summed E-state index contributed by atoms with van der Waals surface area (Å²) in [6, 6.07) is 7.27. The topological polar surface area (TPSA) is 118 Å². The van der Waals surface area contributed by atoms with Crippen LogP contribution in [0.25, 0.3) is 0 Å². The van der Waals surface area contributed by atoms with E-state index in [2.05, 4.69) is 22.6 Å². The van der Waals surface area contributed by atoms with Crippen LogP contribution in [0.15, 0.2) is 24.3 Å². The summed E-state index contributed by atoms with van der Waals surface area (Å²) in [6.07, 6.45) is 0. The summed E-state index contributed by atoms with van der Waals surface area (Å²) in [4.78, 5) is 0. The molecular weight excluding hydrogens is 613 g/mol. The fraction of sp³-hybridized carbons (Fsp3) is 0.769. The minimum atomic E-state index is 0.480. The number of benzene rings is 1. The zero-order valence-electron chi connectivity index (χ0n) is 22.5. The molecule has 1 aromatic rings. The standard InChI is InChI=1S/C26H46INO10/c27-5-6-29-7-8-30-9-10-31-11-12-32-13-14-33-15-16-34-17-18-35-19-20-36-21-22-37-23-24-38-26-3-1-25(28)2-4-26/h1-4H,5-24,28H2. The summed E-state index contributed by atoms with van der Waals surface area (Å²) in [5, 5.41) is 0. The van der Waals surface area contributed by atoms with Crippen molar-refractivity contribution in [3.05, 3.63) is 24.3 Å². The van der Waals surface area contributed by atoms with E-state index in [4.69, 9.17) is 53.1 Å². The normalized spacial score (nSPS) is 11.3. The Morgan fingerprint density at radius 2 is 0.658 bits per heavy atom. The van der Waals surface area contributed by atoms with Crippen molar-refractivity contribution in [1.29, 1.82) is 0 Å². The average Bonchev–Trinajstić information content (AvgIpc) is 2.93. The molecule has 11 nitrogen and oxygen atoms in total. The van der Waals surface area contributed by atoms with Crippen LogP contribution in [0.2, 0.25) is 0 Å². The molecule has 0 bridgehead atoms. The third-order valence-electron chi connectivity index (χ3n) is 4.57. The van der Waals surface area contributed by atoms with E-state index in [1.54, 1.807) is 12.1 Å². The third kappa shape index (κ3) is 25.5. The third-order valence-corrected chi connectivity index (χ3v) is 5.01. The number of hydrogen-bond donors (Lipinski definition) is 1. The average molecular weight is 660 g/mol. The second-order valence-electron chi connectivity index (χ2n) is 7.62. The van der Waals surface area contributed by atoms with E-state index >= 15 is 0 Å². The van der Waals surface area contributed by atoms with Gasteiger partial charge in [0.1, 0.15) is 12.4 Å². The van der Waals surface area contributed by atoms with Gasteiger partial charge in [-0.3, -0.25) is 0 Å². The molecule has 0 spiro atoms. The molecule has 2 N–H and O–H groups in total. The van der Waals surface area contributed by atoms with Gasteiger partial charge < -0.3 is 53.1 Å². The maximum absolute atomic E-state index is 5.63. The number of ether oxygens (including phenoxy) is 10. The van der Waals surface area contributed by atoms with Crippen LogP contribution >= 0.6 is 22.6 Å². The van der Waals surface area contributed by atoms with Gasteiger partial charge in [0.05, 0.1) is 119 Å². The fourth-order valence-corrected chi connectivity index (χ4v) is 3.01. The molecule has 38 heavy (non-hydrogen) atoms. The molecule has 0 saturated carbocycles. The number of anilines is 1. The van der Waals surface area contributed by atoms with Gasteiger partial charge in [-0.05, 0) is 24.3 Å². The molecule has 0 saturated heterocycles. The number of nitrogen functional groups attached to an aromatic ring is 1. The monoisotopic (exact) mass is 659 g/mol. The second kappa shape index (κ2) is 29.2. The Morgan fingerprint density at radius 3 is 0.947 bits per heavy atom. The number of rotatable bonds is 30. The van der Waals surface area contributed by atoms with E-state index in [-0.39, 0.29) is 0 Å². The second-order valence-corrected chi connectivity index (χ2v) is 8.70. The smallest absolute Gasteiger partial charge is 0.119 e. The minimum absolute atomic E-state index is 0.480. The van der Waals surface area contributed by atoms with Gasteiger partial charge >= 0.3 is 0 Å². The lowest BCUT2D eigenvalue weighted by Gasteiger charge is -2.09. The number of halogens is 1. The Balaban J connectivity index is 1.64. The van der Waals surface area contributed by atoms with Crippen LogP contribution < -0.4 is 10.5 Å². The molecule has 12 heteroatoms. The molecule has 1 aromatic carbocycles. The highest BCUT2D eigenvalue weighted by atomic mass is 127. The van der Waals surface area contributed by atoms with Crippen molar-refractivity contribution in [1.82, 2.24) is 0 Å². The molecule has 0 radical (unpaired) electrons. The largest absolute Gasteiger partial charge is 0.491 e. The van der Waals surface area contributed by atoms with Crippen molar-refractivity contribution >= 4 is 28.3 Å². The highest BCUT2D eigenvalue weighted by Crippen LogP contribution is 2.12. The van der Waals surface area contributed by atoms with Crippen molar-refractivity contribution < 1.29 is 47.4 Å². The molecule has 1 rings (SSSR count). The fourth-order valence-electron chi connectivity index (χ4n) is 2.70. The van der Waals surface area contributed by atoms with Gasteiger partial charge in [0.15, 0.2) is 0 Å².